The Labute approximate surface area is 151 Å². The zero-order valence-electron chi connectivity index (χ0n) is 13.9. The summed E-state index contributed by atoms with van der Waals surface area (Å²) in [5.74, 6) is -0.0344. The number of fused-ring (bicyclic) bond motifs is 3. The highest BCUT2D eigenvalue weighted by molar-refractivity contribution is 6.82. The topological polar surface area (TPSA) is 55.7 Å². The summed E-state index contributed by atoms with van der Waals surface area (Å²) in [6.45, 7) is 2.05. The van der Waals surface area contributed by atoms with Gasteiger partial charge >= 0.3 is 6.09 Å². The van der Waals surface area contributed by atoms with Crippen molar-refractivity contribution in [2.24, 2.45) is 4.99 Å². The smallest absolute Gasteiger partial charge is 0.434 e. The summed E-state index contributed by atoms with van der Waals surface area (Å²) in [4.78, 5) is 27.0. The summed E-state index contributed by atoms with van der Waals surface area (Å²) >= 11 is 5.45. The maximum absolute atomic E-state index is 12.0. The number of benzene rings is 2. The van der Waals surface area contributed by atoms with Crippen molar-refractivity contribution < 1.29 is 14.3 Å². The molecule has 0 heterocycles. The van der Waals surface area contributed by atoms with Crippen molar-refractivity contribution in [2.75, 3.05) is 6.61 Å². The number of carbonyl (C=O) groups is 2. The number of rotatable bonds is 5. The van der Waals surface area contributed by atoms with Crippen LogP contribution in [0.5, 0.6) is 0 Å². The van der Waals surface area contributed by atoms with Crippen LogP contribution in [-0.4, -0.2) is 23.7 Å². The van der Waals surface area contributed by atoms with Crippen LogP contribution in [0, 0.1) is 0 Å². The van der Waals surface area contributed by atoms with Gasteiger partial charge in [-0.3, -0.25) is 4.79 Å². The van der Waals surface area contributed by atoms with Gasteiger partial charge < -0.3 is 4.74 Å². The van der Waals surface area contributed by atoms with E-state index in [1.165, 1.54) is 0 Å². The first kappa shape index (κ1) is 17.4. The highest BCUT2D eigenvalue weighted by Gasteiger charge is 2.29. The lowest BCUT2D eigenvalue weighted by Gasteiger charge is -2.13. The van der Waals surface area contributed by atoms with Crippen molar-refractivity contribution in [2.45, 2.75) is 25.7 Å². The molecule has 0 N–H and O–H groups in total. The summed E-state index contributed by atoms with van der Waals surface area (Å²) in [5.41, 5.74) is 4.61. The normalized spacial score (nSPS) is 13.3. The Balaban J connectivity index is 1.79. The second-order valence-electron chi connectivity index (χ2n) is 5.89. The van der Waals surface area contributed by atoms with Crippen molar-refractivity contribution in [3.63, 3.8) is 0 Å². The lowest BCUT2D eigenvalue weighted by molar-refractivity contribution is -0.106. The van der Waals surface area contributed by atoms with Gasteiger partial charge in [0.05, 0.1) is 0 Å². The van der Waals surface area contributed by atoms with Gasteiger partial charge in [-0.05, 0) is 40.3 Å². The average molecular weight is 356 g/mol. The Hall–Kier alpha value is -2.46. The van der Waals surface area contributed by atoms with E-state index in [4.69, 9.17) is 16.3 Å². The van der Waals surface area contributed by atoms with Crippen LogP contribution in [0.2, 0.25) is 0 Å². The summed E-state index contributed by atoms with van der Waals surface area (Å²) < 4.78 is 5.33. The van der Waals surface area contributed by atoms with E-state index in [0.29, 0.717) is 12.8 Å². The highest BCUT2D eigenvalue weighted by Crippen LogP contribution is 2.44. The van der Waals surface area contributed by atoms with Gasteiger partial charge in [-0.1, -0.05) is 61.9 Å². The van der Waals surface area contributed by atoms with Crippen molar-refractivity contribution in [1.29, 1.82) is 0 Å². The fourth-order valence-corrected chi connectivity index (χ4v) is 3.31. The van der Waals surface area contributed by atoms with Gasteiger partial charge in [-0.25, -0.2) is 4.79 Å². The maximum Gasteiger partial charge on any atom is 0.434 e. The molecule has 0 radical (unpaired) electrons. The van der Waals surface area contributed by atoms with Crippen LogP contribution in [-0.2, 0) is 9.53 Å². The lowest BCUT2D eigenvalue weighted by atomic mass is 9.98. The Morgan fingerprint density at radius 1 is 1.04 bits per heavy atom. The van der Waals surface area contributed by atoms with Crippen LogP contribution in [0.15, 0.2) is 53.5 Å². The molecule has 25 heavy (non-hydrogen) atoms. The van der Waals surface area contributed by atoms with E-state index in [1.807, 2.05) is 43.3 Å². The predicted octanol–water partition coefficient (Wildman–Crippen LogP) is 4.94. The fraction of sp³-hybridized carbons (Fsp3) is 0.250. The Morgan fingerprint density at radius 2 is 1.60 bits per heavy atom. The molecule has 0 atom stereocenters. The molecule has 0 unspecified atom stereocenters. The number of nitrogens with zero attached hydrogens (tertiary/aromatic N) is 1. The largest absolute Gasteiger partial charge is 0.447 e. The van der Waals surface area contributed by atoms with Gasteiger partial charge in [0, 0.05) is 5.92 Å². The Bertz CT molecular complexity index is 799. The van der Waals surface area contributed by atoms with Crippen molar-refractivity contribution in [3.8, 4) is 11.1 Å². The molecule has 0 bridgehead atoms. The molecule has 0 aromatic heterocycles. The number of carbonyl (C=O) groups excluding carboxylic acids is 2. The zero-order chi connectivity index (χ0) is 17.8. The van der Waals surface area contributed by atoms with E-state index in [-0.39, 0.29) is 18.2 Å². The number of aliphatic imine (C=N–C) groups is 1. The van der Waals surface area contributed by atoms with E-state index in [1.54, 1.807) is 0 Å². The molecule has 0 saturated carbocycles. The van der Waals surface area contributed by atoms with Gasteiger partial charge in [0.15, 0.2) is 0 Å². The number of amides is 1. The van der Waals surface area contributed by atoms with E-state index in [9.17, 15) is 9.59 Å². The number of hydrogen-bond acceptors (Lipinski definition) is 3. The first-order valence-corrected chi connectivity index (χ1v) is 8.62. The van der Waals surface area contributed by atoms with Crippen LogP contribution >= 0.6 is 11.6 Å². The standard InChI is InChI=1S/C20H18ClNO3/c1-2-7-18(19(21)23)22-20(24)25-12-17-15-10-5-3-8-13(15)14-9-4-6-11-16(14)17/h3-6,8-11,17H,2,7,12H2,1H3. The van der Waals surface area contributed by atoms with Crippen LogP contribution in [0.3, 0.4) is 0 Å². The fourth-order valence-electron chi connectivity index (χ4n) is 3.17. The van der Waals surface area contributed by atoms with Crippen molar-refractivity contribution >= 4 is 28.6 Å². The quantitative estimate of drug-likeness (QED) is 0.563. The number of hydrogen-bond donors (Lipinski definition) is 0. The van der Waals surface area contributed by atoms with Crippen LogP contribution in [0.4, 0.5) is 4.79 Å². The molecule has 0 aliphatic heterocycles. The molecule has 2 aromatic carbocycles. The number of ether oxygens (including phenoxy) is 1. The minimum Gasteiger partial charge on any atom is -0.447 e. The third-order valence-corrected chi connectivity index (χ3v) is 4.49. The molecule has 1 amide bonds. The van der Waals surface area contributed by atoms with Crippen LogP contribution in [0.25, 0.3) is 11.1 Å². The number of halogens is 1. The minimum atomic E-state index is -0.778. The molecule has 0 saturated heterocycles. The molecule has 4 nitrogen and oxygen atoms in total. The molecule has 2 aromatic rings. The summed E-state index contributed by atoms with van der Waals surface area (Å²) in [6, 6.07) is 16.2. The summed E-state index contributed by atoms with van der Waals surface area (Å²) in [5, 5.41) is -0.713. The summed E-state index contributed by atoms with van der Waals surface area (Å²) in [7, 11) is 0. The molecule has 1 aliphatic carbocycles. The molecule has 128 valence electrons. The summed E-state index contributed by atoms with van der Waals surface area (Å²) in [6.07, 6.45) is 0.250. The van der Waals surface area contributed by atoms with Gasteiger partial charge in [0.2, 0.25) is 0 Å². The molecule has 0 fully saturated rings. The third kappa shape index (κ3) is 3.64. The van der Waals surface area contributed by atoms with Crippen LogP contribution < -0.4 is 0 Å². The maximum atomic E-state index is 12.0. The molecular formula is C20H18ClNO3. The van der Waals surface area contributed by atoms with E-state index in [2.05, 4.69) is 17.1 Å². The Morgan fingerprint density at radius 3 is 2.12 bits per heavy atom. The monoisotopic (exact) mass is 355 g/mol. The van der Waals surface area contributed by atoms with Crippen molar-refractivity contribution in [1.82, 2.24) is 0 Å². The van der Waals surface area contributed by atoms with Gasteiger partial charge in [0.25, 0.3) is 5.24 Å². The van der Waals surface area contributed by atoms with Crippen molar-refractivity contribution in [3.05, 3.63) is 59.7 Å². The predicted molar refractivity (Wildman–Crippen MR) is 98.3 cm³/mol. The van der Waals surface area contributed by atoms with Gasteiger partial charge in [-0.2, -0.15) is 4.99 Å². The van der Waals surface area contributed by atoms with Crippen LogP contribution in [0.1, 0.15) is 36.8 Å². The third-order valence-electron chi connectivity index (χ3n) is 4.28. The molecule has 5 heteroatoms. The second kappa shape index (κ2) is 7.62. The molecular weight excluding hydrogens is 338 g/mol. The van der Waals surface area contributed by atoms with Gasteiger partial charge in [-0.15, -0.1) is 0 Å². The first-order chi connectivity index (χ1) is 12.1. The molecule has 3 rings (SSSR count). The second-order valence-corrected chi connectivity index (χ2v) is 6.23. The Kier molecular flexibility index (Phi) is 5.29. The first-order valence-electron chi connectivity index (χ1n) is 8.24. The SMILES string of the molecule is CCCC(=NC(=O)OCC1c2ccccc2-c2ccccc21)C(=O)Cl. The molecule has 0 spiro atoms. The van der Waals surface area contributed by atoms with E-state index >= 15 is 0 Å². The highest BCUT2D eigenvalue weighted by atomic mass is 35.5. The van der Waals surface area contributed by atoms with Gasteiger partial charge in [0.1, 0.15) is 12.3 Å². The zero-order valence-corrected chi connectivity index (χ0v) is 14.6. The van der Waals surface area contributed by atoms with E-state index in [0.717, 1.165) is 22.3 Å². The molecule has 1 aliphatic rings. The van der Waals surface area contributed by atoms with E-state index < -0.39 is 11.3 Å². The minimum absolute atomic E-state index is 0.0344. The lowest BCUT2D eigenvalue weighted by Crippen LogP contribution is -2.14. The average Bonchev–Trinajstić information content (AvgIpc) is 2.93.